The van der Waals surface area contributed by atoms with E-state index >= 15 is 0 Å². The van der Waals surface area contributed by atoms with Crippen molar-refractivity contribution in [1.82, 2.24) is 5.32 Å². The first-order valence-corrected chi connectivity index (χ1v) is 6.62. The lowest BCUT2D eigenvalue weighted by Crippen LogP contribution is -2.50. The molecule has 2 N–H and O–H groups in total. The highest BCUT2D eigenvalue weighted by atomic mass is 16.5. The Balaban J connectivity index is 1.86. The molecule has 2 fully saturated rings. The van der Waals surface area contributed by atoms with Crippen molar-refractivity contribution in [2.24, 2.45) is 5.41 Å². The Morgan fingerprint density at radius 2 is 1.94 bits per heavy atom. The summed E-state index contributed by atoms with van der Waals surface area (Å²) in [7, 11) is 0. The predicted octanol–water partition coefficient (Wildman–Crippen LogP) is 1.70. The van der Waals surface area contributed by atoms with Gasteiger partial charge in [0.15, 0.2) is 0 Å². The van der Waals surface area contributed by atoms with Crippen molar-refractivity contribution >= 4 is 0 Å². The number of aliphatic hydroxyl groups is 1. The number of nitrogens with one attached hydrogen (secondary N) is 1. The van der Waals surface area contributed by atoms with Gasteiger partial charge in [-0.3, -0.25) is 0 Å². The van der Waals surface area contributed by atoms with Crippen LogP contribution in [0.4, 0.5) is 0 Å². The van der Waals surface area contributed by atoms with Crippen LogP contribution in [-0.4, -0.2) is 37.0 Å². The summed E-state index contributed by atoms with van der Waals surface area (Å²) in [5.74, 6) is 0. The minimum atomic E-state index is 0.139. The van der Waals surface area contributed by atoms with E-state index in [1.807, 2.05) is 0 Å². The van der Waals surface area contributed by atoms with Crippen LogP contribution < -0.4 is 5.32 Å². The maximum absolute atomic E-state index is 9.63. The Kier molecular flexibility index (Phi) is 3.88. The minimum Gasteiger partial charge on any atom is -0.396 e. The third-order valence-corrected chi connectivity index (χ3v) is 4.36. The van der Waals surface area contributed by atoms with Crippen LogP contribution in [0.1, 0.15) is 45.4 Å². The topological polar surface area (TPSA) is 41.5 Å². The first-order chi connectivity index (χ1) is 7.68. The van der Waals surface area contributed by atoms with Crippen LogP contribution in [0.2, 0.25) is 0 Å². The van der Waals surface area contributed by atoms with E-state index in [2.05, 4.69) is 12.2 Å². The Morgan fingerprint density at radius 3 is 2.50 bits per heavy atom. The van der Waals surface area contributed by atoms with Gasteiger partial charge in [0.05, 0.1) is 6.61 Å². The third-order valence-electron chi connectivity index (χ3n) is 4.36. The van der Waals surface area contributed by atoms with Gasteiger partial charge in [0.1, 0.15) is 0 Å². The standard InChI is InChI=1S/C13H25NO2/c1-12(7-8-16-11-12)14-9-13(10-15)5-3-2-4-6-13/h14-15H,2-11H2,1H3. The van der Waals surface area contributed by atoms with E-state index in [0.717, 1.165) is 26.2 Å². The molecule has 1 atom stereocenters. The number of aliphatic hydroxyl groups excluding tert-OH is 1. The van der Waals surface area contributed by atoms with E-state index in [1.54, 1.807) is 0 Å². The quantitative estimate of drug-likeness (QED) is 0.768. The van der Waals surface area contributed by atoms with Crippen molar-refractivity contribution < 1.29 is 9.84 Å². The van der Waals surface area contributed by atoms with Crippen molar-refractivity contribution in [1.29, 1.82) is 0 Å². The van der Waals surface area contributed by atoms with Gasteiger partial charge < -0.3 is 15.2 Å². The van der Waals surface area contributed by atoms with Crippen molar-refractivity contribution in [2.45, 2.75) is 51.0 Å². The summed E-state index contributed by atoms with van der Waals surface area (Å²) in [5, 5.41) is 13.3. The van der Waals surface area contributed by atoms with Gasteiger partial charge in [0.25, 0.3) is 0 Å². The summed E-state index contributed by atoms with van der Waals surface area (Å²) in [6.45, 7) is 5.19. The van der Waals surface area contributed by atoms with Crippen LogP contribution >= 0.6 is 0 Å². The van der Waals surface area contributed by atoms with Crippen molar-refractivity contribution in [3.8, 4) is 0 Å². The van der Waals surface area contributed by atoms with E-state index in [1.165, 1.54) is 32.1 Å². The first kappa shape index (κ1) is 12.3. The molecule has 0 aromatic rings. The number of ether oxygens (including phenoxy) is 1. The van der Waals surface area contributed by atoms with Crippen LogP contribution in [0.15, 0.2) is 0 Å². The monoisotopic (exact) mass is 227 g/mol. The minimum absolute atomic E-state index is 0.139. The molecule has 1 aliphatic heterocycles. The third kappa shape index (κ3) is 2.76. The van der Waals surface area contributed by atoms with Crippen LogP contribution in [-0.2, 0) is 4.74 Å². The molecule has 94 valence electrons. The largest absolute Gasteiger partial charge is 0.396 e. The van der Waals surface area contributed by atoms with Crippen LogP contribution in [0, 0.1) is 5.41 Å². The molecule has 1 unspecified atom stereocenters. The zero-order valence-corrected chi connectivity index (χ0v) is 10.4. The lowest BCUT2D eigenvalue weighted by atomic mass is 9.74. The number of hydrogen-bond acceptors (Lipinski definition) is 3. The highest BCUT2D eigenvalue weighted by Crippen LogP contribution is 2.36. The normalized spacial score (nSPS) is 34.1. The number of hydrogen-bond donors (Lipinski definition) is 2. The van der Waals surface area contributed by atoms with E-state index in [4.69, 9.17) is 4.74 Å². The van der Waals surface area contributed by atoms with Gasteiger partial charge in [-0.1, -0.05) is 19.3 Å². The molecule has 1 aliphatic carbocycles. The lowest BCUT2D eigenvalue weighted by Gasteiger charge is -2.38. The molecule has 3 heteroatoms. The molecule has 0 amide bonds. The summed E-state index contributed by atoms with van der Waals surface area (Å²) in [5.41, 5.74) is 0.281. The average Bonchev–Trinajstić information content (AvgIpc) is 2.76. The zero-order chi connectivity index (χ0) is 11.5. The highest BCUT2D eigenvalue weighted by Gasteiger charge is 2.35. The van der Waals surface area contributed by atoms with Crippen molar-refractivity contribution in [3.63, 3.8) is 0 Å². The molecule has 0 radical (unpaired) electrons. The summed E-state index contributed by atoms with van der Waals surface area (Å²) in [6, 6.07) is 0. The van der Waals surface area contributed by atoms with Gasteiger partial charge >= 0.3 is 0 Å². The molecule has 0 bridgehead atoms. The molecule has 3 nitrogen and oxygen atoms in total. The van der Waals surface area contributed by atoms with Crippen molar-refractivity contribution in [2.75, 3.05) is 26.4 Å². The van der Waals surface area contributed by atoms with Gasteiger partial charge in [-0.2, -0.15) is 0 Å². The molecule has 0 spiro atoms. The second-order valence-electron chi connectivity index (χ2n) is 5.94. The molecule has 1 heterocycles. The fourth-order valence-corrected chi connectivity index (χ4v) is 2.90. The van der Waals surface area contributed by atoms with E-state index in [9.17, 15) is 5.11 Å². The summed E-state index contributed by atoms with van der Waals surface area (Å²) in [6.07, 6.45) is 7.32. The van der Waals surface area contributed by atoms with Crippen LogP contribution in [0.5, 0.6) is 0 Å². The molecule has 1 saturated carbocycles. The summed E-state index contributed by atoms with van der Waals surface area (Å²) in [4.78, 5) is 0. The average molecular weight is 227 g/mol. The Hall–Kier alpha value is -0.120. The Labute approximate surface area is 98.6 Å². The van der Waals surface area contributed by atoms with Crippen LogP contribution in [0.3, 0.4) is 0 Å². The van der Waals surface area contributed by atoms with Gasteiger partial charge in [0, 0.05) is 30.7 Å². The molecule has 1 saturated heterocycles. The molecular weight excluding hydrogens is 202 g/mol. The second-order valence-corrected chi connectivity index (χ2v) is 5.94. The Morgan fingerprint density at radius 1 is 1.19 bits per heavy atom. The number of rotatable bonds is 4. The molecule has 2 rings (SSSR count). The van der Waals surface area contributed by atoms with E-state index in [0.29, 0.717) is 6.61 Å². The molecule has 0 aromatic carbocycles. The fourth-order valence-electron chi connectivity index (χ4n) is 2.90. The summed E-state index contributed by atoms with van der Waals surface area (Å²) >= 11 is 0. The molecular formula is C13H25NO2. The molecule has 2 aliphatic rings. The maximum Gasteiger partial charge on any atom is 0.0646 e. The van der Waals surface area contributed by atoms with Gasteiger partial charge in [-0.15, -0.1) is 0 Å². The van der Waals surface area contributed by atoms with Gasteiger partial charge in [-0.05, 0) is 26.2 Å². The summed E-state index contributed by atoms with van der Waals surface area (Å²) < 4.78 is 5.44. The first-order valence-electron chi connectivity index (χ1n) is 6.62. The fraction of sp³-hybridized carbons (Fsp3) is 1.00. The smallest absolute Gasteiger partial charge is 0.0646 e. The predicted molar refractivity (Wildman–Crippen MR) is 64.4 cm³/mol. The maximum atomic E-state index is 9.63. The van der Waals surface area contributed by atoms with Crippen LogP contribution in [0.25, 0.3) is 0 Å². The zero-order valence-electron chi connectivity index (χ0n) is 10.4. The molecule has 0 aromatic heterocycles. The van der Waals surface area contributed by atoms with E-state index < -0.39 is 0 Å². The van der Waals surface area contributed by atoms with Gasteiger partial charge in [-0.25, -0.2) is 0 Å². The van der Waals surface area contributed by atoms with E-state index in [-0.39, 0.29) is 11.0 Å². The van der Waals surface area contributed by atoms with Gasteiger partial charge in [0.2, 0.25) is 0 Å². The lowest BCUT2D eigenvalue weighted by molar-refractivity contribution is 0.0700. The van der Waals surface area contributed by atoms with Crippen molar-refractivity contribution in [3.05, 3.63) is 0 Å². The second kappa shape index (κ2) is 5.03. The highest BCUT2D eigenvalue weighted by molar-refractivity contribution is 4.92. The molecule has 16 heavy (non-hydrogen) atoms. The Bertz CT molecular complexity index is 218. The SMILES string of the molecule is CC1(NCC2(CO)CCCCC2)CCOC1.